The summed E-state index contributed by atoms with van der Waals surface area (Å²) in [6.45, 7) is 4.00. The average molecular weight is 427 g/mol. The first-order valence-corrected chi connectivity index (χ1v) is 10.7. The highest BCUT2D eigenvalue weighted by Crippen LogP contribution is 2.30. The van der Waals surface area contributed by atoms with Crippen LogP contribution in [0.4, 0.5) is 5.69 Å². The Morgan fingerprint density at radius 2 is 1.83 bits per heavy atom. The Morgan fingerprint density at radius 3 is 2.50 bits per heavy atom. The fourth-order valence-electron chi connectivity index (χ4n) is 2.92. The molecule has 1 aromatic heterocycles. The molecule has 158 valence electrons. The van der Waals surface area contributed by atoms with Gasteiger partial charge in [0.05, 0.1) is 12.9 Å². The summed E-state index contributed by atoms with van der Waals surface area (Å²) in [4.78, 5) is 12.3. The Kier molecular flexibility index (Phi) is 7.35. The predicted octanol–water partition coefficient (Wildman–Crippen LogP) is 4.26. The van der Waals surface area contributed by atoms with Crippen LogP contribution < -0.4 is 14.8 Å². The van der Waals surface area contributed by atoms with Crippen LogP contribution in [-0.2, 0) is 18.3 Å². The zero-order valence-electron chi connectivity index (χ0n) is 17.6. The highest BCUT2D eigenvalue weighted by molar-refractivity contribution is 7.99. The van der Waals surface area contributed by atoms with Gasteiger partial charge in [-0.2, -0.15) is 0 Å². The monoisotopic (exact) mass is 426 g/mol. The second-order valence-electron chi connectivity index (χ2n) is 6.70. The number of hydrogen-bond acceptors (Lipinski definition) is 6. The lowest BCUT2D eigenvalue weighted by Gasteiger charge is -2.16. The number of methoxy groups -OCH3 is 1. The minimum Gasteiger partial charge on any atom is -0.493 e. The summed E-state index contributed by atoms with van der Waals surface area (Å²) in [5.74, 6) is 2.11. The van der Waals surface area contributed by atoms with Crippen LogP contribution in [0, 0.1) is 0 Å². The van der Waals surface area contributed by atoms with Gasteiger partial charge < -0.3 is 19.4 Å². The molecule has 1 heterocycles. The van der Waals surface area contributed by atoms with Crippen LogP contribution in [0.5, 0.6) is 11.5 Å². The molecule has 30 heavy (non-hydrogen) atoms. The summed E-state index contributed by atoms with van der Waals surface area (Å²) < 4.78 is 13.2. The summed E-state index contributed by atoms with van der Waals surface area (Å²) >= 11 is 1.33. The summed E-state index contributed by atoms with van der Waals surface area (Å²) in [5.41, 5.74) is 2.02. The third kappa shape index (κ3) is 5.33. The molecule has 3 rings (SSSR count). The van der Waals surface area contributed by atoms with E-state index in [0.717, 1.165) is 12.1 Å². The van der Waals surface area contributed by atoms with Gasteiger partial charge in [-0.25, -0.2) is 0 Å². The number of benzene rings is 2. The first-order chi connectivity index (χ1) is 14.5. The molecular weight excluding hydrogens is 400 g/mol. The molecule has 0 fully saturated rings. The molecule has 0 aliphatic rings. The molecule has 0 aliphatic carbocycles. The van der Waals surface area contributed by atoms with E-state index in [0.29, 0.717) is 22.5 Å². The van der Waals surface area contributed by atoms with E-state index >= 15 is 0 Å². The van der Waals surface area contributed by atoms with E-state index in [-0.39, 0.29) is 17.8 Å². The van der Waals surface area contributed by atoms with Gasteiger partial charge in [0.1, 0.15) is 0 Å². The number of thioether (sulfide) groups is 1. The number of aromatic nitrogens is 3. The molecule has 3 aromatic rings. The van der Waals surface area contributed by atoms with Crippen molar-refractivity contribution < 1.29 is 14.3 Å². The Balaban J connectivity index is 1.58. The summed E-state index contributed by atoms with van der Waals surface area (Å²) in [6.07, 6.45) is 0.636. The normalized spacial score (nSPS) is 11.7. The predicted molar refractivity (Wildman–Crippen MR) is 118 cm³/mol. The number of rotatable bonds is 9. The standard InChI is InChI=1S/C22H26N4O3S/c1-5-16-10-12-17(13-11-16)23-20(27)14-30-22-25-24-21(26(22)3)15(2)29-19-9-7-6-8-18(19)28-4/h6-13,15H,5,14H2,1-4H3,(H,23,27). The zero-order chi connectivity index (χ0) is 21.5. The number of ether oxygens (including phenoxy) is 2. The molecule has 0 saturated carbocycles. The average Bonchev–Trinajstić information content (AvgIpc) is 3.13. The largest absolute Gasteiger partial charge is 0.493 e. The number of carbonyl (C=O) groups is 1. The van der Waals surface area contributed by atoms with E-state index in [1.54, 1.807) is 7.11 Å². The van der Waals surface area contributed by atoms with Crippen molar-refractivity contribution in [2.24, 2.45) is 7.05 Å². The third-order valence-electron chi connectivity index (χ3n) is 4.58. The molecule has 8 heteroatoms. The van der Waals surface area contributed by atoms with Gasteiger partial charge in [0.15, 0.2) is 28.6 Å². The van der Waals surface area contributed by atoms with Gasteiger partial charge in [0, 0.05) is 12.7 Å². The zero-order valence-corrected chi connectivity index (χ0v) is 18.4. The summed E-state index contributed by atoms with van der Waals surface area (Å²) in [5, 5.41) is 12.0. The van der Waals surface area contributed by atoms with Crippen LogP contribution in [0.15, 0.2) is 53.7 Å². The number of aryl methyl sites for hydroxylation is 1. The maximum Gasteiger partial charge on any atom is 0.234 e. The van der Waals surface area contributed by atoms with Gasteiger partial charge in [-0.1, -0.05) is 43.0 Å². The first-order valence-electron chi connectivity index (χ1n) is 9.72. The minimum atomic E-state index is -0.334. The Bertz CT molecular complexity index is 988. The Morgan fingerprint density at radius 1 is 1.13 bits per heavy atom. The second kappa shape index (κ2) is 10.2. The van der Waals surface area contributed by atoms with E-state index in [9.17, 15) is 4.79 Å². The van der Waals surface area contributed by atoms with Crippen LogP contribution in [0.25, 0.3) is 0 Å². The Labute approximate surface area is 180 Å². The number of nitrogens with zero attached hydrogens (tertiary/aromatic N) is 3. The third-order valence-corrected chi connectivity index (χ3v) is 5.60. The quantitative estimate of drug-likeness (QED) is 0.515. The lowest BCUT2D eigenvalue weighted by atomic mass is 10.1. The van der Waals surface area contributed by atoms with Crippen LogP contribution in [0.2, 0.25) is 0 Å². The van der Waals surface area contributed by atoms with Gasteiger partial charge in [0.25, 0.3) is 0 Å². The fourth-order valence-corrected chi connectivity index (χ4v) is 3.63. The number of nitrogens with one attached hydrogen (secondary N) is 1. The molecule has 0 bridgehead atoms. The van der Waals surface area contributed by atoms with Crippen molar-refractivity contribution in [3.8, 4) is 11.5 Å². The number of carbonyl (C=O) groups excluding carboxylic acids is 1. The van der Waals surface area contributed by atoms with Crippen LogP contribution >= 0.6 is 11.8 Å². The van der Waals surface area contributed by atoms with Crippen molar-refractivity contribution in [1.29, 1.82) is 0 Å². The van der Waals surface area contributed by atoms with Crippen molar-refractivity contribution in [2.45, 2.75) is 31.5 Å². The topological polar surface area (TPSA) is 78.3 Å². The lowest BCUT2D eigenvalue weighted by molar-refractivity contribution is -0.113. The maximum absolute atomic E-state index is 12.3. The van der Waals surface area contributed by atoms with Crippen molar-refractivity contribution in [2.75, 3.05) is 18.2 Å². The van der Waals surface area contributed by atoms with Gasteiger partial charge in [0.2, 0.25) is 5.91 Å². The van der Waals surface area contributed by atoms with E-state index < -0.39 is 0 Å². The van der Waals surface area contributed by atoms with Crippen molar-refractivity contribution in [3.05, 3.63) is 59.9 Å². The maximum atomic E-state index is 12.3. The minimum absolute atomic E-state index is 0.0906. The molecule has 0 spiro atoms. The molecule has 0 saturated heterocycles. The molecule has 1 N–H and O–H groups in total. The summed E-state index contributed by atoms with van der Waals surface area (Å²) in [7, 11) is 3.47. The van der Waals surface area contributed by atoms with Crippen LogP contribution in [-0.4, -0.2) is 33.5 Å². The molecule has 0 radical (unpaired) electrons. The highest BCUT2D eigenvalue weighted by atomic mass is 32.2. The van der Waals surface area contributed by atoms with E-state index in [2.05, 4.69) is 22.4 Å². The second-order valence-corrected chi connectivity index (χ2v) is 7.64. The van der Waals surface area contributed by atoms with Crippen LogP contribution in [0.3, 0.4) is 0 Å². The van der Waals surface area contributed by atoms with Gasteiger partial charge >= 0.3 is 0 Å². The van der Waals surface area contributed by atoms with Crippen molar-refractivity contribution >= 4 is 23.4 Å². The number of para-hydroxylation sites is 2. The number of amides is 1. The first kappa shape index (κ1) is 21.7. The fraction of sp³-hybridized carbons (Fsp3) is 0.318. The van der Waals surface area contributed by atoms with Crippen molar-refractivity contribution in [3.63, 3.8) is 0 Å². The molecule has 0 aliphatic heterocycles. The van der Waals surface area contributed by atoms with Gasteiger partial charge in [-0.05, 0) is 43.2 Å². The molecular formula is C22H26N4O3S. The van der Waals surface area contributed by atoms with Crippen molar-refractivity contribution in [1.82, 2.24) is 14.8 Å². The van der Waals surface area contributed by atoms with Gasteiger partial charge in [-0.3, -0.25) is 4.79 Å². The SMILES string of the molecule is CCc1ccc(NC(=O)CSc2nnc(C(C)Oc3ccccc3OC)n2C)cc1. The highest BCUT2D eigenvalue weighted by Gasteiger charge is 2.19. The van der Waals surface area contributed by atoms with Gasteiger partial charge in [-0.15, -0.1) is 10.2 Å². The molecule has 7 nitrogen and oxygen atoms in total. The number of hydrogen-bond donors (Lipinski definition) is 1. The molecule has 1 unspecified atom stereocenters. The molecule has 1 atom stereocenters. The lowest BCUT2D eigenvalue weighted by Crippen LogP contribution is -2.15. The number of anilines is 1. The van der Waals surface area contributed by atoms with Crippen LogP contribution in [0.1, 0.15) is 31.3 Å². The van der Waals surface area contributed by atoms with E-state index in [1.807, 2.05) is 67.1 Å². The molecule has 2 aromatic carbocycles. The summed E-state index contributed by atoms with van der Waals surface area (Å²) in [6, 6.07) is 15.3. The smallest absolute Gasteiger partial charge is 0.234 e. The van der Waals surface area contributed by atoms with E-state index in [4.69, 9.17) is 9.47 Å². The van der Waals surface area contributed by atoms with E-state index in [1.165, 1.54) is 17.3 Å². The Hall–Kier alpha value is -3.00. The molecule has 1 amide bonds.